The van der Waals surface area contributed by atoms with Crippen LogP contribution in [0.2, 0.25) is 0 Å². The first-order valence-corrected chi connectivity index (χ1v) is 6.71. The van der Waals surface area contributed by atoms with Crippen LogP contribution in [0, 0.1) is 11.7 Å². The number of rotatable bonds is 2. The van der Waals surface area contributed by atoms with Gasteiger partial charge in [0.25, 0.3) is 5.91 Å². The normalized spacial score (nSPS) is 23.7. The molecule has 1 amide bonds. The number of benzene rings is 1. The van der Waals surface area contributed by atoms with Crippen LogP contribution in [0.5, 0.6) is 0 Å². The third-order valence-corrected chi connectivity index (χ3v) is 3.79. The first-order chi connectivity index (χ1) is 8.58. The largest absolute Gasteiger partial charge is 0.381 e. The van der Waals surface area contributed by atoms with Gasteiger partial charge in [0.15, 0.2) is 0 Å². The summed E-state index contributed by atoms with van der Waals surface area (Å²) in [6.45, 7) is 3.37. The zero-order valence-corrected chi connectivity index (χ0v) is 11.7. The zero-order chi connectivity index (χ0) is 13.1. The van der Waals surface area contributed by atoms with E-state index >= 15 is 0 Å². The van der Waals surface area contributed by atoms with Crippen LogP contribution in [0.3, 0.4) is 0 Å². The van der Waals surface area contributed by atoms with E-state index in [0.29, 0.717) is 29.2 Å². The molecular weight excluding hydrogens is 301 g/mol. The number of nitrogens with one attached hydrogen (secondary N) is 1. The number of amides is 1. The minimum absolute atomic E-state index is 0.114. The minimum Gasteiger partial charge on any atom is -0.381 e. The van der Waals surface area contributed by atoms with Gasteiger partial charge in [-0.3, -0.25) is 4.79 Å². The molecule has 1 fully saturated rings. The van der Waals surface area contributed by atoms with Crippen molar-refractivity contribution in [2.75, 3.05) is 13.2 Å². The van der Waals surface area contributed by atoms with Crippen LogP contribution in [-0.4, -0.2) is 25.2 Å². The summed E-state index contributed by atoms with van der Waals surface area (Å²) >= 11 is 3.20. The fraction of sp³-hybridized carbons (Fsp3) is 0.462. The summed E-state index contributed by atoms with van der Waals surface area (Å²) in [6, 6.07) is 4.18. The molecule has 1 aromatic carbocycles. The number of carbonyl (C=O) groups excluding carboxylic acids is 1. The van der Waals surface area contributed by atoms with Crippen LogP contribution in [-0.2, 0) is 4.74 Å². The highest BCUT2D eigenvalue weighted by Gasteiger charge is 2.24. The van der Waals surface area contributed by atoms with Crippen LogP contribution in [0.1, 0.15) is 23.7 Å². The monoisotopic (exact) mass is 315 g/mol. The lowest BCUT2D eigenvalue weighted by Crippen LogP contribution is -2.44. The zero-order valence-electron chi connectivity index (χ0n) is 10.1. The van der Waals surface area contributed by atoms with Crippen LogP contribution in [0.25, 0.3) is 0 Å². The Hall–Kier alpha value is -0.940. The fourth-order valence-corrected chi connectivity index (χ4v) is 2.55. The lowest BCUT2D eigenvalue weighted by Gasteiger charge is -2.29. The molecule has 2 atom stereocenters. The second-order valence-corrected chi connectivity index (χ2v) is 5.40. The van der Waals surface area contributed by atoms with Crippen molar-refractivity contribution in [3.05, 3.63) is 34.1 Å². The van der Waals surface area contributed by atoms with Gasteiger partial charge in [0.2, 0.25) is 0 Å². The average Bonchev–Trinajstić information content (AvgIpc) is 2.32. The van der Waals surface area contributed by atoms with Crippen molar-refractivity contribution in [3.8, 4) is 0 Å². The molecule has 0 saturated carbocycles. The molecule has 1 N–H and O–H groups in total. The summed E-state index contributed by atoms with van der Waals surface area (Å²) in [5.41, 5.74) is 0.454. The topological polar surface area (TPSA) is 38.3 Å². The quantitative estimate of drug-likeness (QED) is 0.911. The molecule has 2 rings (SSSR count). The van der Waals surface area contributed by atoms with E-state index in [1.165, 1.54) is 18.2 Å². The standard InChI is InChI=1S/C13H15BrFNO2/c1-8-7-18-5-4-12(8)16-13(17)10-3-2-9(15)6-11(10)14/h2-3,6,8,12H,4-5,7H2,1H3,(H,16,17). The van der Waals surface area contributed by atoms with Gasteiger partial charge >= 0.3 is 0 Å². The predicted octanol–water partition coefficient (Wildman–Crippen LogP) is 2.74. The van der Waals surface area contributed by atoms with Gasteiger partial charge in [0, 0.05) is 17.1 Å². The van der Waals surface area contributed by atoms with Gasteiger partial charge in [-0.1, -0.05) is 6.92 Å². The highest BCUT2D eigenvalue weighted by atomic mass is 79.9. The molecule has 0 radical (unpaired) electrons. The van der Waals surface area contributed by atoms with Crippen LogP contribution in [0.15, 0.2) is 22.7 Å². The third kappa shape index (κ3) is 3.09. The van der Waals surface area contributed by atoms with Gasteiger partial charge in [-0.15, -0.1) is 0 Å². The molecule has 1 heterocycles. The third-order valence-electron chi connectivity index (χ3n) is 3.13. The summed E-state index contributed by atoms with van der Waals surface area (Å²) in [4.78, 5) is 12.1. The molecule has 3 nitrogen and oxygen atoms in total. The van der Waals surface area contributed by atoms with E-state index in [9.17, 15) is 9.18 Å². The van der Waals surface area contributed by atoms with Gasteiger partial charge in [-0.2, -0.15) is 0 Å². The highest BCUT2D eigenvalue weighted by Crippen LogP contribution is 2.20. The van der Waals surface area contributed by atoms with Crippen molar-refractivity contribution in [2.45, 2.75) is 19.4 Å². The Morgan fingerprint density at radius 1 is 1.56 bits per heavy atom. The number of hydrogen-bond donors (Lipinski definition) is 1. The molecule has 5 heteroatoms. The molecule has 1 aliphatic rings. The number of ether oxygens (including phenoxy) is 1. The van der Waals surface area contributed by atoms with Gasteiger partial charge in [-0.25, -0.2) is 4.39 Å². The van der Waals surface area contributed by atoms with E-state index < -0.39 is 0 Å². The van der Waals surface area contributed by atoms with E-state index in [1.807, 2.05) is 6.92 Å². The van der Waals surface area contributed by atoms with E-state index in [4.69, 9.17) is 4.74 Å². The van der Waals surface area contributed by atoms with Gasteiger partial charge in [-0.05, 0) is 46.5 Å². The molecule has 2 unspecified atom stereocenters. The van der Waals surface area contributed by atoms with Crippen molar-refractivity contribution < 1.29 is 13.9 Å². The summed E-state index contributed by atoms with van der Waals surface area (Å²) in [5.74, 6) is -0.250. The van der Waals surface area contributed by atoms with E-state index in [-0.39, 0.29) is 17.8 Å². The van der Waals surface area contributed by atoms with Gasteiger partial charge in [0.1, 0.15) is 5.82 Å². The molecule has 1 aromatic rings. The summed E-state index contributed by atoms with van der Waals surface area (Å²) in [7, 11) is 0. The van der Waals surface area contributed by atoms with Crippen molar-refractivity contribution in [1.82, 2.24) is 5.32 Å². The fourth-order valence-electron chi connectivity index (χ4n) is 2.01. The molecule has 0 spiro atoms. The van der Waals surface area contributed by atoms with Crippen LogP contribution in [0.4, 0.5) is 4.39 Å². The average molecular weight is 316 g/mol. The first kappa shape index (κ1) is 13.5. The molecule has 0 aromatic heterocycles. The molecule has 98 valence electrons. The Labute approximate surface area is 114 Å². The van der Waals surface area contributed by atoms with E-state index in [0.717, 1.165) is 6.42 Å². The number of hydrogen-bond acceptors (Lipinski definition) is 2. The Kier molecular flexibility index (Phi) is 4.35. The summed E-state index contributed by atoms with van der Waals surface area (Å²) in [5, 5.41) is 2.97. The predicted molar refractivity (Wildman–Crippen MR) is 70.0 cm³/mol. The second-order valence-electron chi connectivity index (χ2n) is 4.54. The van der Waals surface area contributed by atoms with Crippen molar-refractivity contribution in [2.24, 2.45) is 5.92 Å². The van der Waals surface area contributed by atoms with Crippen molar-refractivity contribution >= 4 is 21.8 Å². The van der Waals surface area contributed by atoms with E-state index in [1.54, 1.807) is 0 Å². The lowest BCUT2D eigenvalue weighted by atomic mass is 9.97. The number of halogens is 2. The van der Waals surface area contributed by atoms with Crippen molar-refractivity contribution in [1.29, 1.82) is 0 Å². The number of carbonyl (C=O) groups is 1. The Morgan fingerprint density at radius 2 is 2.33 bits per heavy atom. The summed E-state index contributed by atoms with van der Waals surface area (Å²) < 4.78 is 18.8. The van der Waals surface area contributed by atoms with Crippen molar-refractivity contribution in [3.63, 3.8) is 0 Å². The van der Waals surface area contributed by atoms with E-state index in [2.05, 4.69) is 21.2 Å². The minimum atomic E-state index is -0.363. The van der Waals surface area contributed by atoms with Gasteiger partial charge < -0.3 is 10.1 Å². The SMILES string of the molecule is CC1COCCC1NC(=O)c1ccc(F)cc1Br. The Balaban J connectivity index is 2.07. The first-order valence-electron chi connectivity index (χ1n) is 5.91. The lowest BCUT2D eigenvalue weighted by molar-refractivity contribution is 0.0375. The highest BCUT2D eigenvalue weighted by molar-refractivity contribution is 9.10. The van der Waals surface area contributed by atoms with Gasteiger partial charge in [0.05, 0.1) is 12.2 Å². The molecule has 18 heavy (non-hydrogen) atoms. The molecule has 0 aliphatic carbocycles. The maximum Gasteiger partial charge on any atom is 0.252 e. The van der Waals surface area contributed by atoms with Crippen LogP contribution < -0.4 is 5.32 Å². The van der Waals surface area contributed by atoms with Crippen LogP contribution >= 0.6 is 15.9 Å². The Morgan fingerprint density at radius 3 is 3.00 bits per heavy atom. The maximum atomic E-state index is 13.0. The smallest absolute Gasteiger partial charge is 0.252 e. The maximum absolute atomic E-state index is 13.0. The molecular formula is C13H15BrFNO2. The molecule has 1 aliphatic heterocycles. The molecule has 1 saturated heterocycles. The Bertz CT molecular complexity index is 453. The molecule has 0 bridgehead atoms. The summed E-state index contributed by atoms with van der Waals surface area (Å²) in [6.07, 6.45) is 0.811. The second kappa shape index (κ2) is 5.80.